The largest absolute Gasteiger partial charge is 0.496 e. The van der Waals surface area contributed by atoms with E-state index in [1.165, 1.54) is 19.2 Å². The first-order valence-corrected chi connectivity index (χ1v) is 4.93. The first-order chi connectivity index (χ1) is 7.17. The van der Waals surface area contributed by atoms with Gasteiger partial charge in [0, 0.05) is 12.5 Å². The predicted molar refractivity (Wildman–Crippen MR) is 56.5 cm³/mol. The molecule has 2 nitrogen and oxygen atoms in total. The number of hydrogen-bond donors (Lipinski definition) is 0. The Morgan fingerprint density at radius 3 is 2.87 bits per heavy atom. The summed E-state index contributed by atoms with van der Waals surface area (Å²) in [6.07, 6.45) is 2.14. The fraction of sp³-hybridized carbons (Fsp3) is 0.417. The quantitative estimate of drug-likeness (QED) is 0.698. The molecule has 0 saturated heterocycles. The Labute approximate surface area is 89.1 Å². The maximum atomic E-state index is 12.9. The molecule has 0 aromatic heterocycles. The lowest BCUT2D eigenvalue weighted by molar-refractivity contribution is -0.108. The molecule has 0 bridgehead atoms. The van der Waals surface area contributed by atoms with Gasteiger partial charge in [-0.05, 0) is 24.0 Å². The molecule has 0 aliphatic heterocycles. The van der Waals surface area contributed by atoms with Crippen molar-refractivity contribution >= 4 is 6.29 Å². The molecule has 0 saturated carbocycles. The van der Waals surface area contributed by atoms with E-state index in [2.05, 4.69) is 0 Å². The summed E-state index contributed by atoms with van der Waals surface area (Å²) in [7, 11) is 1.52. The zero-order valence-corrected chi connectivity index (χ0v) is 9.00. The van der Waals surface area contributed by atoms with Crippen molar-refractivity contribution in [3.8, 4) is 5.75 Å². The Balaban J connectivity index is 2.79. The Kier molecular flexibility index (Phi) is 4.28. The van der Waals surface area contributed by atoms with Crippen LogP contribution in [0.4, 0.5) is 4.39 Å². The third-order valence-corrected chi connectivity index (χ3v) is 2.32. The van der Waals surface area contributed by atoms with Crippen molar-refractivity contribution in [2.75, 3.05) is 7.11 Å². The number of aldehydes is 1. The molecule has 1 atom stereocenters. The third kappa shape index (κ3) is 3.35. The predicted octanol–water partition coefficient (Wildman–Crippen LogP) is 2.60. The molecular weight excluding hydrogens is 195 g/mol. The minimum Gasteiger partial charge on any atom is -0.496 e. The monoisotopic (exact) mass is 210 g/mol. The molecule has 0 amide bonds. The van der Waals surface area contributed by atoms with Gasteiger partial charge in [0.25, 0.3) is 0 Å². The van der Waals surface area contributed by atoms with Gasteiger partial charge in [0.15, 0.2) is 0 Å². The highest BCUT2D eigenvalue weighted by Crippen LogP contribution is 2.23. The Morgan fingerprint density at radius 1 is 1.53 bits per heavy atom. The molecule has 3 heteroatoms. The maximum Gasteiger partial charge on any atom is 0.126 e. The van der Waals surface area contributed by atoms with E-state index in [9.17, 15) is 9.18 Å². The number of carbonyl (C=O) groups excluding carboxylic acids is 1. The van der Waals surface area contributed by atoms with Crippen molar-refractivity contribution in [3.63, 3.8) is 0 Å². The number of rotatable bonds is 5. The Morgan fingerprint density at radius 2 is 2.27 bits per heavy atom. The molecule has 0 aliphatic rings. The van der Waals surface area contributed by atoms with E-state index in [1.807, 2.05) is 6.92 Å². The highest BCUT2D eigenvalue weighted by Gasteiger charge is 2.08. The summed E-state index contributed by atoms with van der Waals surface area (Å²) in [6.45, 7) is 1.98. The van der Waals surface area contributed by atoms with Crippen LogP contribution >= 0.6 is 0 Å². The van der Waals surface area contributed by atoms with Crippen LogP contribution in [-0.2, 0) is 11.2 Å². The molecule has 1 unspecified atom stereocenters. The summed E-state index contributed by atoms with van der Waals surface area (Å²) in [4.78, 5) is 10.3. The smallest absolute Gasteiger partial charge is 0.126 e. The van der Waals surface area contributed by atoms with Gasteiger partial charge in [-0.2, -0.15) is 0 Å². The molecule has 1 aromatic carbocycles. The van der Waals surface area contributed by atoms with Crippen molar-refractivity contribution in [3.05, 3.63) is 29.6 Å². The molecular formula is C12H15FO2. The molecule has 0 spiro atoms. The summed E-state index contributed by atoms with van der Waals surface area (Å²) in [5.41, 5.74) is 0.938. The standard InChI is InChI=1S/C12H15FO2/c1-9(5-6-14)7-10-3-4-11(13)8-12(10)15-2/h3-4,6,8-9H,5,7H2,1-2H3. The normalized spacial score (nSPS) is 12.2. The van der Waals surface area contributed by atoms with E-state index < -0.39 is 0 Å². The SMILES string of the molecule is COc1cc(F)ccc1CC(C)CC=O. The molecule has 0 N–H and O–H groups in total. The molecule has 1 rings (SSSR count). The maximum absolute atomic E-state index is 12.9. The molecule has 0 fully saturated rings. The van der Waals surface area contributed by atoms with Crippen molar-refractivity contribution in [1.82, 2.24) is 0 Å². The first-order valence-electron chi connectivity index (χ1n) is 4.93. The molecule has 1 aromatic rings. The molecule has 0 radical (unpaired) electrons. The summed E-state index contributed by atoms with van der Waals surface area (Å²) in [5, 5.41) is 0. The molecule has 0 heterocycles. The second-order valence-electron chi connectivity index (χ2n) is 3.67. The third-order valence-electron chi connectivity index (χ3n) is 2.32. The number of methoxy groups -OCH3 is 1. The minimum atomic E-state index is -0.307. The second kappa shape index (κ2) is 5.49. The molecule has 15 heavy (non-hydrogen) atoms. The highest BCUT2D eigenvalue weighted by atomic mass is 19.1. The minimum absolute atomic E-state index is 0.252. The number of benzene rings is 1. The lowest BCUT2D eigenvalue weighted by Crippen LogP contribution is -2.02. The summed E-state index contributed by atoms with van der Waals surface area (Å²) < 4.78 is 18.0. The summed E-state index contributed by atoms with van der Waals surface area (Å²) >= 11 is 0. The lowest BCUT2D eigenvalue weighted by Gasteiger charge is -2.11. The fourth-order valence-corrected chi connectivity index (χ4v) is 1.51. The van der Waals surface area contributed by atoms with E-state index in [0.29, 0.717) is 12.2 Å². The van der Waals surface area contributed by atoms with Crippen LogP contribution in [0, 0.1) is 11.7 Å². The van der Waals surface area contributed by atoms with E-state index >= 15 is 0 Å². The fourth-order valence-electron chi connectivity index (χ4n) is 1.51. The van der Waals surface area contributed by atoms with Crippen LogP contribution in [0.15, 0.2) is 18.2 Å². The van der Waals surface area contributed by atoms with E-state index in [-0.39, 0.29) is 11.7 Å². The van der Waals surface area contributed by atoms with E-state index in [4.69, 9.17) is 4.74 Å². The van der Waals surface area contributed by atoms with Crippen LogP contribution in [-0.4, -0.2) is 13.4 Å². The average Bonchev–Trinajstić information content (AvgIpc) is 2.21. The Bertz CT molecular complexity index is 336. The van der Waals surface area contributed by atoms with Crippen LogP contribution in [0.2, 0.25) is 0 Å². The van der Waals surface area contributed by atoms with Gasteiger partial charge < -0.3 is 9.53 Å². The van der Waals surface area contributed by atoms with Crippen molar-refractivity contribution < 1.29 is 13.9 Å². The van der Waals surface area contributed by atoms with Gasteiger partial charge in [-0.1, -0.05) is 13.0 Å². The van der Waals surface area contributed by atoms with E-state index in [0.717, 1.165) is 18.3 Å². The summed E-state index contributed by atoms with van der Waals surface area (Å²) in [5.74, 6) is 0.494. The number of ether oxygens (including phenoxy) is 1. The van der Waals surface area contributed by atoms with Gasteiger partial charge in [0.2, 0.25) is 0 Å². The van der Waals surface area contributed by atoms with Gasteiger partial charge >= 0.3 is 0 Å². The first kappa shape index (κ1) is 11.7. The second-order valence-corrected chi connectivity index (χ2v) is 3.67. The van der Waals surface area contributed by atoms with Gasteiger partial charge in [-0.15, -0.1) is 0 Å². The number of carbonyl (C=O) groups is 1. The Hall–Kier alpha value is -1.38. The van der Waals surface area contributed by atoms with Gasteiger partial charge in [0.05, 0.1) is 7.11 Å². The van der Waals surface area contributed by atoms with Gasteiger partial charge in [0.1, 0.15) is 17.9 Å². The molecule has 0 aliphatic carbocycles. The topological polar surface area (TPSA) is 26.3 Å². The van der Waals surface area contributed by atoms with Crippen molar-refractivity contribution in [1.29, 1.82) is 0 Å². The highest BCUT2D eigenvalue weighted by molar-refractivity contribution is 5.49. The van der Waals surface area contributed by atoms with Gasteiger partial charge in [-0.3, -0.25) is 0 Å². The van der Waals surface area contributed by atoms with Crippen LogP contribution in [0.25, 0.3) is 0 Å². The number of halogens is 1. The zero-order chi connectivity index (χ0) is 11.3. The van der Waals surface area contributed by atoms with Crippen LogP contribution in [0.1, 0.15) is 18.9 Å². The van der Waals surface area contributed by atoms with E-state index in [1.54, 1.807) is 6.07 Å². The van der Waals surface area contributed by atoms with Crippen LogP contribution < -0.4 is 4.74 Å². The van der Waals surface area contributed by atoms with Crippen molar-refractivity contribution in [2.45, 2.75) is 19.8 Å². The molecule has 82 valence electrons. The zero-order valence-electron chi connectivity index (χ0n) is 9.00. The van der Waals surface area contributed by atoms with Crippen LogP contribution in [0.3, 0.4) is 0 Å². The summed E-state index contributed by atoms with van der Waals surface area (Å²) in [6, 6.07) is 4.48. The van der Waals surface area contributed by atoms with Crippen molar-refractivity contribution in [2.24, 2.45) is 5.92 Å². The average molecular weight is 210 g/mol. The lowest BCUT2D eigenvalue weighted by atomic mass is 9.98. The number of hydrogen-bond acceptors (Lipinski definition) is 2. The van der Waals surface area contributed by atoms with Gasteiger partial charge in [-0.25, -0.2) is 4.39 Å². The van der Waals surface area contributed by atoms with Crippen LogP contribution in [0.5, 0.6) is 5.75 Å².